The summed E-state index contributed by atoms with van der Waals surface area (Å²) in [5.41, 5.74) is 1.27. The number of carbonyl (C=O) groups excluding carboxylic acids is 1. The van der Waals surface area contributed by atoms with Crippen molar-refractivity contribution in [3.8, 4) is 0 Å². The molecule has 2 aliphatic heterocycles. The van der Waals surface area contributed by atoms with Crippen LogP contribution in [0.15, 0.2) is 28.7 Å². The number of Topliss-reactive ketones (excluding diaryl/α,β-unsaturated/α-hetero) is 1. The van der Waals surface area contributed by atoms with Crippen molar-refractivity contribution in [1.29, 1.82) is 0 Å². The average Bonchev–Trinajstić information content (AvgIpc) is 2.76. The lowest BCUT2D eigenvalue weighted by Gasteiger charge is -2.37. The average molecular weight is 331 g/mol. The Hall–Kier alpha value is -0.380. The Morgan fingerprint density at radius 2 is 2.00 bits per heavy atom. The molecule has 0 spiro atoms. The molecule has 0 radical (unpaired) electrons. The quantitative estimate of drug-likeness (QED) is 0.782. The Labute approximate surface area is 122 Å². The van der Waals surface area contributed by atoms with Gasteiger partial charge in [-0.3, -0.25) is 9.69 Å². The highest BCUT2D eigenvalue weighted by atomic mass is 79.9. The number of halogens is 2. The van der Waals surface area contributed by atoms with Crippen LogP contribution in [0.1, 0.15) is 37.3 Å². The number of carbonyl (C=O) groups is 1. The highest BCUT2D eigenvalue weighted by Gasteiger charge is 2.38. The van der Waals surface area contributed by atoms with Crippen LogP contribution in [0.4, 0.5) is 0 Å². The first-order valence-electron chi connectivity index (χ1n) is 6.27. The molecule has 0 N–H and O–H groups in total. The second-order valence-corrected chi connectivity index (χ2v) is 5.87. The van der Waals surface area contributed by atoms with Gasteiger partial charge in [0.15, 0.2) is 0 Å². The molecule has 0 amide bonds. The summed E-state index contributed by atoms with van der Waals surface area (Å²) in [6.07, 6.45) is 3.87. The Balaban J connectivity index is 0.00000120. The molecular weight excluding hydrogens is 314 g/mol. The first kappa shape index (κ1) is 14.0. The molecule has 1 aromatic rings. The molecule has 2 atom stereocenters. The van der Waals surface area contributed by atoms with Gasteiger partial charge >= 0.3 is 0 Å². The maximum absolute atomic E-state index is 11.9. The summed E-state index contributed by atoms with van der Waals surface area (Å²) in [7, 11) is 0. The number of nitrogens with zero attached hydrogens (tertiary/aromatic N) is 1. The van der Waals surface area contributed by atoms with Crippen LogP contribution in [0.25, 0.3) is 0 Å². The van der Waals surface area contributed by atoms with Gasteiger partial charge in [-0.05, 0) is 31.0 Å². The summed E-state index contributed by atoms with van der Waals surface area (Å²) in [5.74, 6) is 0.425. The van der Waals surface area contributed by atoms with Crippen LogP contribution >= 0.6 is 28.3 Å². The van der Waals surface area contributed by atoms with Gasteiger partial charge in [0, 0.05) is 29.4 Å². The number of benzene rings is 1. The molecular formula is C14H17BrClNO. The predicted octanol–water partition coefficient (Wildman–Crippen LogP) is 3.74. The number of hydrogen-bond acceptors (Lipinski definition) is 2. The van der Waals surface area contributed by atoms with Gasteiger partial charge in [-0.2, -0.15) is 0 Å². The summed E-state index contributed by atoms with van der Waals surface area (Å²) < 4.78 is 1.13. The molecule has 2 saturated heterocycles. The van der Waals surface area contributed by atoms with Crippen LogP contribution in [0.3, 0.4) is 0 Å². The second kappa shape index (κ2) is 5.72. The number of ketones is 1. The van der Waals surface area contributed by atoms with Crippen molar-refractivity contribution in [2.75, 3.05) is 6.54 Å². The third-order valence-corrected chi connectivity index (χ3v) is 4.69. The van der Waals surface area contributed by atoms with E-state index in [1.165, 1.54) is 18.4 Å². The standard InChI is InChI=1S/C14H16BrNO.ClH/c15-13-6-2-1-5-12(13)14-9-11(17)8-10-4-3-7-16(10)14;/h1-2,5-6,10,14H,3-4,7-9H2;1H/t10-,14-;/m0./s1. The Morgan fingerprint density at radius 1 is 1.22 bits per heavy atom. The van der Waals surface area contributed by atoms with Gasteiger partial charge < -0.3 is 0 Å². The van der Waals surface area contributed by atoms with Gasteiger partial charge in [-0.15, -0.1) is 12.4 Å². The second-order valence-electron chi connectivity index (χ2n) is 5.02. The van der Waals surface area contributed by atoms with Gasteiger partial charge in [0.25, 0.3) is 0 Å². The smallest absolute Gasteiger partial charge is 0.136 e. The summed E-state index contributed by atoms with van der Waals surface area (Å²) >= 11 is 3.61. The molecule has 1 aromatic carbocycles. The van der Waals surface area contributed by atoms with Crippen molar-refractivity contribution >= 4 is 34.1 Å². The van der Waals surface area contributed by atoms with Crippen LogP contribution in [0.2, 0.25) is 0 Å². The molecule has 3 rings (SSSR count). The van der Waals surface area contributed by atoms with E-state index in [4.69, 9.17) is 0 Å². The van der Waals surface area contributed by atoms with E-state index in [9.17, 15) is 4.79 Å². The Bertz CT molecular complexity index is 451. The van der Waals surface area contributed by atoms with Crippen LogP contribution in [-0.4, -0.2) is 23.3 Å². The summed E-state index contributed by atoms with van der Waals surface area (Å²) in [6, 6.07) is 9.08. The van der Waals surface area contributed by atoms with Crippen molar-refractivity contribution in [2.45, 2.75) is 37.8 Å². The monoisotopic (exact) mass is 329 g/mol. The number of rotatable bonds is 1. The van der Waals surface area contributed by atoms with Crippen LogP contribution in [0.5, 0.6) is 0 Å². The highest BCUT2D eigenvalue weighted by molar-refractivity contribution is 9.10. The van der Waals surface area contributed by atoms with Crippen LogP contribution in [-0.2, 0) is 4.79 Å². The van der Waals surface area contributed by atoms with E-state index in [2.05, 4.69) is 39.0 Å². The highest BCUT2D eigenvalue weighted by Crippen LogP contribution is 2.40. The van der Waals surface area contributed by atoms with Crippen molar-refractivity contribution < 1.29 is 4.79 Å². The van der Waals surface area contributed by atoms with Gasteiger partial charge in [-0.25, -0.2) is 0 Å². The van der Waals surface area contributed by atoms with E-state index >= 15 is 0 Å². The molecule has 4 heteroatoms. The summed E-state index contributed by atoms with van der Waals surface area (Å²) in [4.78, 5) is 14.4. The lowest BCUT2D eigenvalue weighted by atomic mass is 9.91. The fourth-order valence-corrected chi connectivity index (χ4v) is 3.75. The van der Waals surface area contributed by atoms with E-state index in [-0.39, 0.29) is 12.4 Å². The predicted molar refractivity (Wildman–Crippen MR) is 78.1 cm³/mol. The van der Waals surface area contributed by atoms with Gasteiger partial charge in [0.2, 0.25) is 0 Å². The first-order chi connectivity index (χ1) is 8.25. The topological polar surface area (TPSA) is 20.3 Å². The fraction of sp³-hybridized carbons (Fsp3) is 0.500. The third kappa shape index (κ3) is 2.49. The number of fused-ring (bicyclic) bond motifs is 1. The molecule has 0 bridgehead atoms. The zero-order valence-corrected chi connectivity index (χ0v) is 12.5. The lowest BCUT2D eigenvalue weighted by Crippen LogP contribution is -2.40. The lowest BCUT2D eigenvalue weighted by molar-refractivity contribution is -0.124. The largest absolute Gasteiger partial charge is 0.300 e. The summed E-state index contributed by atoms with van der Waals surface area (Å²) in [5, 5.41) is 0. The minimum atomic E-state index is 0. The molecule has 0 aliphatic carbocycles. The van der Waals surface area contributed by atoms with Gasteiger partial charge in [0.05, 0.1) is 0 Å². The molecule has 2 aliphatic rings. The van der Waals surface area contributed by atoms with E-state index in [0.717, 1.165) is 17.4 Å². The normalized spacial score (nSPS) is 27.7. The molecule has 2 fully saturated rings. The molecule has 0 saturated carbocycles. The third-order valence-electron chi connectivity index (χ3n) is 3.97. The van der Waals surface area contributed by atoms with E-state index in [1.54, 1.807) is 0 Å². The Kier molecular flexibility index (Phi) is 4.46. The molecule has 2 heterocycles. The molecule has 18 heavy (non-hydrogen) atoms. The minimum absolute atomic E-state index is 0. The zero-order valence-electron chi connectivity index (χ0n) is 10.1. The van der Waals surface area contributed by atoms with Crippen molar-refractivity contribution in [3.63, 3.8) is 0 Å². The van der Waals surface area contributed by atoms with E-state index in [1.807, 2.05) is 6.07 Å². The zero-order chi connectivity index (χ0) is 11.8. The van der Waals surface area contributed by atoms with Crippen molar-refractivity contribution in [3.05, 3.63) is 34.3 Å². The molecule has 2 nitrogen and oxygen atoms in total. The SMILES string of the molecule is Cl.O=C1C[C@@H]2CCCN2[C@H](c2ccccc2Br)C1. The summed E-state index contributed by atoms with van der Waals surface area (Å²) in [6.45, 7) is 1.14. The molecule has 0 unspecified atom stereocenters. The van der Waals surface area contributed by atoms with Crippen LogP contribution < -0.4 is 0 Å². The Morgan fingerprint density at radius 3 is 2.78 bits per heavy atom. The van der Waals surface area contributed by atoms with Gasteiger partial charge in [0.1, 0.15) is 5.78 Å². The van der Waals surface area contributed by atoms with E-state index in [0.29, 0.717) is 24.3 Å². The van der Waals surface area contributed by atoms with Gasteiger partial charge in [-0.1, -0.05) is 34.1 Å². The fourth-order valence-electron chi connectivity index (χ4n) is 3.20. The molecule has 0 aromatic heterocycles. The number of piperidine rings is 1. The van der Waals surface area contributed by atoms with Crippen molar-refractivity contribution in [2.24, 2.45) is 0 Å². The molecule has 98 valence electrons. The number of hydrogen-bond donors (Lipinski definition) is 0. The first-order valence-corrected chi connectivity index (χ1v) is 7.07. The van der Waals surface area contributed by atoms with Crippen LogP contribution in [0, 0.1) is 0 Å². The van der Waals surface area contributed by atoms with Crippen molar-refractivity contribution in [1.82, 2.24) is 4.90 Å². The maximum atomic E-state index is 11.9. The minimum Gasteiger partial charge on any atom is -0.300 e. The maximum Gasteiger partial charge on any atom is 0.136 e. The van der Waals surface area contributed by atoms with E-state index < -0.39 is 0 Å².